The van der Waals surface area contributed by atoms with E-state index in [2.05, 4.69) is 35.3 Å². The summed E-state index contributed by atoms with van der Waals surface area (Å²) in [5.74, 6) is 1.63. The van der Waals surface area contributed by atoms with Crippen LogP contribution in [0.15, 0.2) is 72.5 Å². The van der Waals surface area contributed by atoms with E-state index in [4.69, 9.17) is 6.42 Å². The zero-order valence-corrected chi connectivity index (χ0v) is 27.5. The Bertz CT molecular complexity index is 1720. The number of fused-ring (bicyclic) bond motifs is 2. The molecule has 4 rings (SSSR count). The maximum absolute atomic E-state index is 11.6. The number of anilines is 1. The van der Waals surface area contributed by atoms with E-state index >= 15 is 0 Å². The normalized spacial score (nSPS) is 17.0. The molecule has 0 unspecified atom stereocenters. The summed E-state index contributed by atoms with van der Waals surface area (Å²) in [6.45, 7) is 9.62. The van der Waals surface area contributed by atoms with Crippen LogP contribution in [0.1, 0.15) is 83.8 Å². The molecule has 0 atom stereocenters. The Morgan fingerprint density at radius 2 is 1.57 bits per heavy atom. The summed E-state index contributed by atoms with van der Waals surface area (Å²) >= 11 is 0. The van der Waals surface area contributed by atoms with Crippen LogP contribution in [-0.2, 0) is 15.6 Å². The largest absolute Gasteiger partial charge is 0.550 e. The van der Waals surface area contributed by atoms with E-state index in [0.717, 1.165) is 66.1 Å². The zero-order chi connectivity index (χ0) is 34.4. The topological polar surface area (TPSA) is 133 Å². The third kappa shape index (κ3) is 7.51. The fourth-order valence-electron chi connectivity index (χ4n) is 6.61. The van der Waals surface area contributed by atoms with E-state index in [1.165, 1.54) is 6.07 Å². The van der Waals surface area contributed by atoms with Gasteiger partial charge in [0, 0.05) is 84.1 Å². The highest BCUT2D eigenvalue weighted by atomic mass is 16.6. The first kappa shape index (κ1) is 34.8. The molecule has 47 heavy (non-hydrogen) atoms. The standard InChI is InChI=1S/C37H42N4O6/c1-6-7-8-14-23-38-31-21-19-27(40(44)45)25-29(31)36(2,3)33(38)16-11-9-12-17-34-37(4,5)30-26-28(41(46)47)20-22-32(30)39(34)24-15-10-13-18-35(42)43/h1,9,11-12,16-17,19-22,25-26H,7-8,10,13-15,18,23-24H2,2-5H3. The number of carbonyl (C=O) groups excluding carboxylic acids is 1. The first-order chi connectivity index (χ1) is 22.3. The molecule has 2 aromatic carbocycles. The smallest absolute Gasteiger partial charge is 0.270 e. The van der Waals surface area contributed by atoms with Gasteiger partial charge < -0.3 is 14.8 Å². The Morgan fingerprint density at radius 1 is 0.894 bits per heavy atom. The number of carboxylic acid groups (broad SMARTS) is 1. The molecule has 0 N–H and O–H groups in total. The van der Waals surface area contributed by atoms with Gasteiger partial charge in [0.15, 0.2) is 5.71 Å². The fraction of sp³-hybridized carbons (Fsp3) is 0.405. The lowest BCUT2D eigenvalue weighted by molar-refractivity contribution is -0.438. The highest BCUT2D eigenvalue weighted by Gasteiger charge is 2.45. The summed E-state index contributed by atoms with van der Waals surface area (Å²) in [6.07, 6.45) is 19.9. The van der Waals surface area contributed by atoms with Gasteiger partial charge in [-0.05, 0) is 57.2 Å². The fourth-order valence-corrected chi connectivity index (χ4v) is 6.61. The molecule has 246 valence electrons. The Kier molecular flexibility index (Phi) is 10.8. The number of rotatable bonds is 15. The molecular weight excluding hydrogens is 596 g/mol. The molecule has 10 nitrogen and oxygen atoms in total. The van der Waals surface area contributed by atoms with Crippen LogP contribution in [0.5, 0.6) is 0 Å². The van der Waals surface area contributed by atoms with Crippen LogP contribution in [0.3, 0.4) is 0 Å². The monoisotopic (exact) mass is 638 g/mol. The van der Waals surface area contributed by atoms with Gasteiger partial charge in [0.2, 0.25) is 5.69 Å². The van der Waals surface area contributed by atoms with Crippen LogP contribution in [0.4, 0.5) is 22.7 Å². The minimum Gasteiger partial charge on any atom is -0.550 e. The van der Waals surface area contributed by atoms with Crippen molar-refractivity contribution in [1.29, 1.82) is 0 Å². The molecule has 2 heterocycles. The van der Waals surface area contributed by atoms with Crippen LogP contribution in [0.25, 0.3) is 0 Å². The molecule has 0 radical (unpaired) electrons. The second kappa shape index (κ2) is 14.6. The van der Waals surface area contributed by atoms with Gasteiger partial charge in [-0.2, -0.15) is 4.58 Å². The van der Waals surface area contributed by atoms with Crippen LogP contribution in [-0.4, -0.2) is 39.2 Å². The summed E-state index contributed by atoms with van der Waals surface area (Å²) in [5.41, 5.74) is 4.80. The summed E-state index contributed by atoms with van der Waals surface area (Å²) in [5, 5.41) is 34.0. The molecule has 2 aliphatic heterocycles. The molecule has 2 aliphatic rings. The van der Waals surface area contributed by atoms with Gasteiger partial charge in [-0.1, -0.05) is 38.5 Å². The number of non-ortho nitro benzene ring substituents is 2. The first-order valence-electron chi connectivity index (χ1n) is 16.0. The number of carboxylic acids is 1. The Hall–Kier alpha value is -5.04. The maximum atomic E-state index is 11.6. The van der Waals surface area contributed by atoms with E-state index in [1.807, 2.05) is 44.2 Å². The van der Waals surface area contributed by atoms with Crippen molar-refractivity contribution in [3.8, 4) is 12.3 Å². The number of nitro benzene ring substituents is 2. The van der Waals surface area contributed by atoms with Gasteiger partial charge in [0.1, 0.15) is 6.54 Å². The summed E-state index contributed by atoms with van der Waals surface area (Å²) in [4.78, 5) is 35.4. The van der Waals surface area contributed by atoms with Crippen molar-refractivity contribution in [2.75, 3.05) is 18.0 Å². The maximum Gasteiger partial charge on any atom is 0.270 e. The van der Waals surface area contributed by atoms with Gasteiger partial charge in [0.25, 0.3) is 11.4 Å². The van der Waals surface area contributed by atoms with E-state index in [9.17, 15) is 30.1 Å². The van der Waals surface area contributed by atoms with Crippen molar-refractivity contribution < 1.29 is 24.3 Å². The molecular formula is C37H42N4O6. The van der Waals surface area contributed by atoms with Crippen molar-refractivity contribution in [3.63, 3.8) is 0 Å². The number of terminal acetylenes is 1. The van der Waals surface area contributed by atoms with Crippen molar-refractivity contribution in [1.82, 2.24) is 0 Å². The number of hydrogen-bond acceptors (Lipinski definition) is 7. The second-order valence-corrected chi connectivity index (χ2v) is 13.0. The van der Waals surface area contributed by atoms with Gasteiger partial charge >= 0.3 is 0 Å². The Balaban J connectivity index is 1.63. The minimum atomic E-state index is -1.06. The number of benzene rings is 2. The van der Waals surface area contributed by atoms with Gasteiger partial charge in [-0.25, -0.2) is 0 Å². The summed E-state index contributed by atoms with van der Waals surface area (Å²) < 4.78 is 2.23. The van der Waals surface area contributed by atoms with Gasteiger partial charge in [-0.15, -0.1) is 12.3 Å². The van der Waals surface area contributed by atoms with E-state index in [-0.39, 0.29) is 27.6 Å². The number of nitrogens with zero attached hydrogens (tertiary/aromatic N) is 4. The summed E-state index contributed by atoms with van der Waals surface area (Å²) in [6, 6.07) is 10.00. The molecule has 10 heteroatoms. The number of hydrogen-bond donors (Lipinski definition) is 0. The molecule has 0 saturated carbocycles. The average molecular weight is 639 g/mol. The number of nitro groups is 2. The van der Waals surface area contributed by atoms with E-state index in [0.29, 0.717) is 19.4 Å². The van der Waals surface area contributed by atoms with Crippen molar-refractivity contribution in [2.24, 2.45) is 0 Å². The number of carbonyl (C=O) groups is 1. The Labute approximate surface area is 276 Å². The average Bonchev–Trinajstić information content (AvgIpc) is 3.36. The lowest BCUT2D eigenvalue weighted by Gasteiger charge is -2.27. The lowest BCUT2D eigenvalue weighted by Crippen LogP contribution is -2.28. The number of allylic oxidation sites excluding steroid dienone is 6. The molecule has 0 fully saturated rings. The lowest BCUT2D eigenvalue weighted by atomic mass is 9.81. The third-order valence-electron chi connectivity index (χ3n) is 9.12. The predicted octanol–water partition coefficient (Wildman–Crippen LogP) is 6.79. The van der Waals surface area contributed by atoms with Crippen LogP contribution in [0.2, 0.25) is 0 Å². The zero-order valence-electron chi connectivity index (χ0n) is 27.5. The molecule has 0 saturated heterocycles. The third-order valence-corrected chi connectivity index (χ3v) is 9.12. The van der Waals surface area contributed by atoms with Crippen molar-refractivity contribution in [2.45, 2.75) is 83.5 Å². The highest BCUT2D eigenvalue weighted by molar-refractivity contribution is 6.03. The summed E-state index contributed by atoms with van der Waals surface area (Å²) in [7, 11) is 0. The van der Waals surface area contributed by atoms with Crippen LogP contribution in [0, 0.1) is 32.6 Å². The second-order valence-electron chi connectivity index (χ2n) is 13.0. The minimum absolute atomic E-state index is 0.0200. The molecule has 0 aromatic heterocycles. The van der Waals surface area contributed by atoms with Gasteiger partial charge in [-0.3, -0.25) is 20.2 Å². The first-order valence-corrected chi connectivity index (χ1v) is 16.0. The number of unbranched alkanes of at least 4 members (excludes halogenated alkanes) is 4. The van der Waals surface area contributed by atoms with E-state index in [1.54, 1.807) is 24.3 Å². The molecule has 0 amide bonds. The predicted molar refractivity (Wildman–Crippen MR) is 182 cm³/mol. The van der Waals surface area contributed by atoms with Crippen LogP contribution >= 0.6 is 0 Å². The van der Waals surface area contributed by atoms with Gasteiger partial charge in [0.05, 0.1) is 15.3 Å². The highest BCUT2D eigenvalue weighted by Crippen LogP contribution is 2.49. The van der Waals surface area contributed by atoms with E-state index < -0.39 is 16.8 Å². The SMILES string of the molecule is C#CCCCC[N+]1=C(/C=C/C=C/C=C2\N(CCCCCC(=O)[O-])c3ccc([N+](=O)[O-])cc3C2(C)C)C(C)(C)c2cc([N+](=O)[O-])ccc21. The molecule has 0 bridgehead atoms. The molecule has 0 spiro atoms. The quantitative estimate of drug-likeness (QED) is 0.0524. The Morgan fingerprint density at radius 3 is 2.23 bits per heavy atom. The molecule has 2 aromatic rings. The van der Waals surface area contributed by atoms with Crippen molar-refractivity contribution in [3.05, 3.63) is 104 Å². The molecule has 0 aliphatic carbocycles. The van der Waals surface area contributed by atoms with Crippen molar-refractivity contribution >= 4 is 34.4 Å². The van der Waals surface area contributed by atoms with Crippen LogP contribution < -0.4 is 10.0 Å². The number of aliphatic carboxylic acids is 1.